The highest BCUT2D eigenvalue weighted by molar-refractivity contribution is 5.32. The third-order valence-electron chi connectivity index (χ3n) is 5.12. The highest BCUT2D eigenvalue weighted by Gasteiger charge is 2.40. The SMILES string of the molecule is CC(C)CC1(C(N)c2cccc(OC3CC3)c2)CCCC1. The molecule has 1 aromatic rings. The molecule has 0 amide bonds. The summed E-state index contributed by atoms with van der Waals surface area (Å²) in [5.74, 6) is 1.71. The van der Waals surface area contributed by atoms with E-state index in [4.69, 9.17) is 10.5 Å². The van der Waals surface area contributed by atoms with Gasteiger partial charge in [0.05, 0.1) is 6.10 Å². The molecule has 2 nitrogen and oxygen atoms in total. The Labute approximate surface area is 129 Å². The minimum absolute atomic E-state index is 0.144. The number of hydrogen-bond acceptors (Lipinski definition) is 2. The average molecular weight is 287 g/mol. The minimum Gasteiger partial charge on any atom is -0.490 e. The normalized spacial score (nSPS) is 22.5. The van der Waals surface area contributed by atoms with Crippen molar-refractivity contribution >= 4 is 0 Å². The zero-order chi connectivity index (χ0) is 14.9. The molecular formula is C19H29NO. The van der Waals surface area contributed by atoms with Gasteiger partial charge in [0.2, 0.25) is 0 Å². The van der Waals surface area contributed by atoms with Crippen molar-refractivity contribution in [1.82, 2.24) is 0 Å². The van der Waals surface area contributed by atoms with E-state index in [0.29, 0.717) is 17.4 Å². The third-order valence-corrected chi connectivity index (χ3v) is 5.12. The molecule has 2 fully saturated rings. The summed E-state index contributed by atoms with van der Waals surface area (Å²) in [7, 11) is 0. The van der Waals surface area contributed by atoms with Crippen LogP contribution in [0.5, 0.6) is 5.75 Å². The van der Waals surface area contributed by atoms with Crippen molar-refractivity contribution in [3.63, 3.8) is 0 Å². The van der Waals surface area contributed by atoms with Gasteiger partial charge in [-0.25, -0.2) is 0 Å². The molecule has 1 aromatic carbocycles. The summed E-state index contributed by atoms with van der Waals surface area (Å²) in [4.78, 5) is 0. The number of ether oxygens (including phenoxy) is 1. The van der Waals surface area contributed by atoms with Crippen LogP contribution in [0, 0.1) is 11.3 Å². The molecule has 21 heavy (non-hydrogen) atoms. The summed E-state index contributed by atoms with van der Waals surface area (Å²) in [5.41, 5.74) is 8.30. The fourth-order valence-corrected chi connectivity index (χ4v) is 4.05. The third kappa shape index (κ3) is 3.42. The Bertz CT molecular complexity index is 472. The molecule has 0 spiro atoms. The zero-order valence-corrected chi connectivity index (χ0v) is 13.5. The Morgan fingerprint density at radius 2 is 1.95 bits per heavy atom. The Balaban J connectivity index is 1.79. The molecule has 116 valence electrons. The first-order valence-electron chi connectivity index (χ1n) is 8.61. The highest BCUT2D eigenvalue weighted by atomic mass is 16.5. The standard InChI is InChI=1S/C19H29NO/c1-14(2)13-19(10-3-4-11-19)18(20)15-6-5-7-17(12-15)21-16-8-9-16/h5-7,12,14,16,18H,3-4,8-11,13,20H2,1-2H3. The van der Waals surface area contributed by atoms with Crippen LogP contribution in [-0.2, 0) is 0 Å². The van der Waals surface area contributed by atoms with Crippen LogP contribution < -0.4 is 10.5 Å². The predicted octanol–water partition coefficient (Wildman–Crippen LogP) is 4.83. The lowest BCUT2D eigenvalue weighted by molar-refractivity contribution is 0.183. The first-order valence-corrected chi connectivity index (χ1v) is 8.61. The average Bonchev–Trinajstić information content (AvgIpc) is 3.14. The van der Waals surface area contributed by atoms with E-state index in [-0.39, 0.29) is 6.04 Å². The van der Waals surface area contributed by atoms with E-state index in [2.05, 4.69) is 38.1 Å². The van der Waals surface area contributed by atoms with Crippen LogP contribution in [0.25, 0.3) is 0 Å². The summed E-state index contributed by atoms with van der Waals surface area (Å²) < 4.78 is 5.94. The van der Waals surface area contributed by atoms with Gasteiger partial charge in [0, 0.05) is 6.04 Å². The van der Waals surface area contributed by atoms with Gasteiger partial charge < -0.3 is 10.5 Å². The fraction of sp³-hybridized carbons (Fsp3) is 0.684. The maximum atomic E-state index is 6.74. The van der Waals surface area contributed by atoms with Crippen molar-refractivity contribution in [1.29, 1.82) is 0 Å². The largest absolute Gasteiger partial charge is 0.490 e. The second kappa shape index (κ2) is 6.00. The van der Waals surface area contributed by atoms with Gasteiger partial charge in [0.1, 0.15) is 5.75 Å². The van der Waals surface area contributed by atoms with Gasteiger partial charge in [0.25, 0.3) is 0 Å². The minimum atomic E-state index is 0.144. The van der Waals surface area contributed by atoms with Crippen molar-refractivity contribution < 1.29 is 4.74 Å². The van der Waals surface area contributed by atoms with Gasteiger partial charge in [-0.05, 0) is 61.1 Å². The molecule has 1 unspecified atom stereocenters. The summed E-state index contributed by atoms with van der Waals surface area (Å²) in [5, 5.41) is 0. The quantitative estimate of drug-likeness (QED) is 0.813. The predicted molar refractivity (Wildman–Crippen MR) is 87.4 cm³/mol. The van der Waals surface area contributed by atoms with Crippen LogP contribution in [0.3, 0.4) is 0 Å². The molecule has 3 rings (SSSR count). The van der Waals surface area contributed by atoms with Crippen LogP contribution >= 0.6 is 0 Å². The van der Waals surface area contributed by atoms with E-state index in [1.165, 1.54) is 50.5 Å². The number of nitrogens with two attached hydrogens (primary N) is 1. The van der Waals surface area contributed by atoms with Gasteiger partial charge >= 0.3 is 0 Å². The van der Waals surface area contributed by atoms with Crippen molar-refractivity contribution in [2.24, 2.45) is 17.1 Å². The monoisotopic (exact) mass is 287 g/mol. The van der Waals surface area contributed by atoms with Crippen LogP contribution in [0.15, 0.2) is 24.3 Å². The van der Waals surface area contributed by atoms with Gasteiger partial charge in [0.15, 0.2) is 0 Å². The summed E-state index contributed by atoms with van der Waals surface area (Å²) >= 11 is 0. The molecule has 2 aliphatic carbocycles. The summed E-state index contributed by atoms with van der Waals surface area (Å²) in [6.07, 6.45) is 9.31. The first-order chi connectivity index (χ1) is 10.1. The molecule has 1 atom stereocenters. The molecule has 0 bridgehead atoms. The molecule has 2 heteroatoms. The molecule has 0 aromatic heterocycles. The molecule has 2 aliphatic rings. The maximum Gasteiger partial charge on any atom is 0.120 e. The maximum absolute atomic E-state index is 6.74. The Morgan fingerprint density at radius 3 is 2.57 bits per heavy atom. The molecule has 0 saturated heterocycles. The number of benzene rings is 1. The Hall–Kier alpha value is -1.02. The van der Waals surface area contributed by atoms with Gasteiger partial charge in [-0.15, -0.1) is 0 Å². The summed E-state index contributed by atoms with van der Waals surface area (Å²) in [6, 6.07) is 8.68. The first kappa shape index (κ1) is 14.9. The van der Waals surface area contributed by atoms with Crippen molar-refractivity contribution in [3.05, 3.63) is 29.8 Å². The van der Waals surface area contributed by atoms with Crippen molar-refractivity contribution in [3.8, 4) is 5.75 Å². The summed E-state index contributed by atoms with van der Waals surface area (Å²) in [6.45, 7) is 4.64. The second-order valence-electron chi connectivity index (χ2n) is 7.53. The van der Waals surface area contributed by atoms with Crippen molar-refractivity contribution in [2.45, 2.75) is 70.9 Å². The van der Waals surface area contributed by atoms with E-state index < -0.39 is 0 Å². The molecule has 0 heterocycles. The molecular weight excluding hydrogens is 258 g/mol. The fourth-order valence-electron chi connectivity index (χ4n) is 4.05. The molecule has 0 aliphatic heterocycles. The van der Waals surface area contributed by atoms with Gasteiger partial charge in [-0.2, -0.15) is 0 Å². The van der Waals surface area contributed by atoms with E-state index in [0.717, 1.165) is 5.75 Å². The highest BCUT2D eigenvalue weighted by Crippen LogP contribution is 2.50. The molecule has 2 N–H and O–H groups in total. The van der Waals surface area contributed by atoms with E-state index in [1.54, 1.807) is 0 Å². The van der Waals surface area contributed by atoms with Gasteiger partial charge in [-0.3, -0.25) is 0 Å². The topological polar surface area (TPSA) is 35.2 Å². The Morgan fingerprint density at radius 1 is 1.24 bits per heavy atom. The van der Waals surface area contributed by atoms with E-state index in [1.807, 2.05) is 0 Å². The molecule has 2 saturated carbocycles. The van der Waals surface area contributed by atoms with E-state index >= 15 is 0 Å². The van der Waals surface area contributed by atoms with Crippen LogP contribution in [0.1, 0.15) is 70.4 Å². The zero-order valence-electron chi connectivity index (χ0n) is 13.5. The number of rotatable bonds is 6. The lowest BCUT2D eigenvalue weighted by Crippen LogP contribution is -2.33. The van der Waals surface area contributed by atoms with Crippen LogP contribution in [0.2, 0.25) is 0 Å². The van der Waals surface area contributed by atoms with Crippen LogP contribution in [-0.4, -0.2) is 6.10 Å². The van der Waals surface area contributed by atoms with Gasteiger partial charge in [-0.1, -0.05) is 38.8 Å². The Kier molecular flexibility index (Phi) is 4.26. The lowest BCUT2D eigenvalue weighted by atomic mass is 9.71. The van der Waals surface area contributed by atoms with E-state index in [9.17, 15) is 0 Å². The second-order valence-corrected chi connectivity index (χ2v) is 7.53. The number of hydrogen-bond donors (Lipinski definition) is 1. The molecule has 0 radical (unpaired) electrons. The van der Waals surface area contributed by atoms with Crippen LogP contribution in [0.4, 0.5) is 0 Å². The van der Waals surface area contributed by atoms with Crippen molar-refractivity contribution in [2.75, 3.05) is 0 Å². The smallest absolute Gasteiger partial charge is 0.120 e. The lowest BCUT2D eigenvalue weighted by Gasteiger charge is -2.37.